The Morgan fingerprint density at radius 3 is 2.35 bits per heavy atom. The molecule has 0 unspecified atom stereocenters. The number of carbonyl (C=O) groups excluding carboxylic acids is 1. The van der Waals surface area contributed by atoms with Crippen LogP contribution in [0.15, 0.2) is 30.3 Å². The minimum Gasteiger partial charge on any atom is -0.496 e. The molecule has 1 amide bonds. The molecule has 0 saturated heterocycles. The van der Waals surface area contributed by atoms with Crippen LogP contribution in [0.5, 0.6) is 11.5 Å². The summed E-state index contributed by atoms with van der Waals surface area (Å²) in [5.74, 6) is 1.46. The second-order valence-corrected chi connectivity index (χ2v) is 7.72. The van der Waals surface area contributed by atoms with Crippen molar-refractivity contribution >= 4 is 5.91 Å². The highest BCUT2D eigenvalue weighted by molar-refractivity contribution is 5.95. The van der Waals surface area contributed by atoms with Gasteiger partial charge < -0.3 is 14.8 Å². The highest BCUT2D eigenvalue weighted by Crippen LogP contribution is 2.27. The van der Waals surface area contributed by atoms with Crippen LogP contribution in [0.25, 0.3) is 0 Å². The second kappa shape index (κ2) is 7.81. The predicted molar refractivity (Wildman–Crippen MR) is 105 cm³/mol. The lowest BCUT2D eigenvalue weighted by Gasteiger charge is -2.21. The number of methoxy groups -OCH3 is 1. The second-order valence-electron chi connectivity index (χ2n) is 7.72. The van der Waals surface area contributed by atoms with Crippen molar-refractivity contribution in [3.63, 3.8) is 0 Å². The Morgan fingerprint density at radius 2 is 1.73 bits per heavy atom. The fraction of sp³-hybridized carbons (Fsp3) is 0.409. The number of benzene rings is 2. The molecule has 0 radical (unpaired) electrons. The average molecular weight is 355 g/mol. The Labute approximate surface area is 156 Å². The molecule has 0 fully saturated rings. The van der Waals surface area contributed by atoms with Crippen molar-refractivity contribution in [2.24, 2.45) is 0 Å². The minimum absolute atomic E-state index is 0.107. The molecule has 2 aromatic carbocycles. The normalized spacial score (nSPS) is 11.2. The Balaban J connectivity index is 2.25. The fourth-order valence-electron chi connectivity index (χ4n) is 2.75. The number of aryl methyl sites for hydroxylation is 2. The topological polar surface area (TPSA) is 47.6 Å². The monoisotopic (exact) mass is 355 g/mol. The van der Waals surface area contributed by atoms with Crippen LogP contribution in [0.1, 0.15) is 53.4 Å². The molecule has 0 atom stereocenters. The van der Waals surface area contributed by atoms with Gasteiger partial charge in [0.05, 0.1) is 7.11 Å². The predicted octanol–water partition coefficient (Wildman–Crippen LogP) is 4.73. The number of hydrogen-bond donors (Lipinski definition) is 1. The Kier molecular flexibility index (Phi) is 5.96. The van der Waals surface area contributed by atoms with E-state index in [1.54, 1.807) is 13.2 Å². The average Bonchev–Trinajstić information content (AvgIpc) is 2.54. The van der Waals surface area contributed by atoms with Gasteiger partial charge in [0.25, 0.3) is 5.91 Å². The molecule has 0 aliphatic carbocycles. The van der Waals surface area contributed by atoms with Crippen molar-refractivity contribution in [1.82, 2.24) is 5.32 Å². The summed E-state index contributed by atoms with van der Waals surface area (Å²) in [6, 6.07) is 9.58. The van der Waals surface area contributed by atoms with Crippen molar-refractivity contribution in [3.8, 4) is 11.5 Å². The molecule has 4 nitrogen and oxygen atoms in total. The van der Waals surface area contributed by atoms with Crippen molar-refractivity contribution in [3.05, 3.63) is 58.1 Å². The fourth-order valence-corrected chi connectivity index (χ4v) is 2.75. The summed E-state index contributed by atoms with van der Waals surface area (Å²) in [5, 5.41) is 2.98. The molecule has 140 valence electrons. The zero-order chi connectivity index (χ0) is 19.5. The molecule has 2 aromatic rings. The van der Waals surface area contributed by atoms with Crippen LogP contribution in [0.4, 0.5) is 0 Å². The summed E-state index contributed by atoms with van der Waals surface area (Å²) in [4.78, 5) is 12.4. The van der Waals surface area contributed by atoms with Crippen LogP contribution in [0.2, 0.25) is 0 Å². The zero-order valence-corrected chi connectivity index (χ0v) is 16.8. The van der Waals surface area contributed by atoms with Gasteiger partial charge in [0.15, 0.2) is 0 Å². The molecule has 4 heteroatoms. The summed E-state index contributed by atoms with van der Waals surface area (Å²) < 4.78 is 11.5. The molecule has 2 rings (SSSR count). The molecule has 0 heterocycles. The first-order chi connectivity index (χ1) is 12.1. The van der Waals surface area contributed by atoms with E-state index in [2.05, 4.69) is 32.2 Å². The van der Waals surface area contributed by atoms with Gasteiger partial charge in [0, 0.05) is 16.7 Å². The van der Waals surface area contributed by atoms with Crippen LogP contribution in [0, 0.1) is 20.8 Å². The van der Waals surface area contributed by atoms with E-state index in [1.807, 2.05) is 39.0 Å². The standard InChI is InChI=1S/C22H29NO3/c1-14-10-15(2)16(3)20(11-14)26-13-18-12-17(8-9-19(18)25-7)21(24)23-22(4,5)6/h8-12H,13H2,1-7H3,(H,23,24). The van der Waals surface area contributed by atoms with E-state index >= 15 is 0 Å². The number of hydrogen-bond acceptors (Lipinski definition) is 3. The smallest absolute Gasteiger partial charge is 0.251 e. The van der Waals surface area contributed by atoms with Crippen LogP contribution in [-0.4, -0.2) is 18.6 Å². The molecule has 0 aliphatic heterocycles. The maximum Gasteiger partial charge on any atom is 0.251 e. The molecule has 0 bridgehead atoms. The van der Waals surface area contributed by atoms with E-state index in [0.29, 0.717) is 17.9 Å². The number of rotatable bonds is 5. The lowest BCUT2D eigenvalue weighted by Crippen LogP contribution is -2.40. The minimum atomic E-state index is -0.288. The molecule has 0 saturated carbocycles. The Hall–Kier alpha value is -2.49. The van der Waals surface area contributed by atoms with E-state index in [0.717, 1.165) is 22.4 Å². The van der Waals surface area contributed by atoms with E-state index in [1.165, 1.54) is 5.56 Å². The summed E-state index contributed by atoms with van der Waals surface area (Å²) in [7, 11) is 1.62. The van der Waals surface area contributed by atoms with Gasteiger partial charge in [-0.05, 0) is 82.5 Å². The quantitative estimate of drug-likeness (QED) is 0.843. The number of ether oxygens (including phenoxy) is 2. The number of carbonyl (C=O) groups is 1. The molecule has 26 heavy (non-hydrogen) atoms. The summed E-state index contributed by atoms with van der Waals surface area (Å²) in [6.07, 6.45) is 0. The molecular formula is C22H29NO3. The third-order valence-corrected chi connectivity index (χ3v) is 4.18. The first-order valence-corrected chi connectivity index (χ1v) is 8.81. The van der Waals surface area contributed by atoms with Crippen molar-refractivity contribution in [2.75, 3.05) is 7.11 Å². The third-order valence-electron chi connectivity index (χ3n) is 4.18. The third kappa shape index (κ3) is 5.01. The Bertz CT molecular complexity index is 804. The van der Waals surface area contributed by atoms with Gasteiger partial charge in [-0.3, -0.25) is 4.79 Å². The summed E-state index contributed by atoms with van der Waals surface area (Å²) in [5.41, 5.74) is 4.63. The molecule has 0 aromatic heterocycles. The van der Waals surface area contributed by atoms with Gasteiger partial charge in [-0.2, -0.15) is 0 Å². The summed E-state index contributed by atoms with van der Waals surface area (Å²) >= 11 is 0. The van der Waals surface area contributed by atoms with Crippen LogP contribution >= 0.6 is 0 Å². The van der Waals surface area contributed by atoms with E-state index in [9.17, 15) is 4.79 Å². The molecule has 0 aliphatic rings. The van der Waals surface area contributed by atoms with E-state index in [4.69, 9.17) is 9.47 Å². The zero-order valence-electron chi connectivity index (χ0n) is 16.8. The maximum absolute atomic E-state index is 12.4. The molecule has 1 N–H and O–H groups in total. The van der Waals surface area contributed by atoms with Crippen molar-refractivity contribution in [2.45, 2.75) is 53.7 Å². The summed E-state index contributed by atoms with van der Waals surface area (Å²) in [6.45, 7) is 12.4. The van der Waals surface area contributed by atoms with Gasteiger partial charge in [-0.25, -0.2) is 0 Å². The van der Waals surface area contributed by atoms with Crippen LogP contribution in [-0.2, 0) is 6.61 Å². The first-order valence-electron chi connectivity index (χ1n) is 8.81. The van der Waals surface area contributed by atoms with E-state index < -0.39 is 0 Å². The van der Waals surface area contributed by atoms with Crippen molar-refractivity contribution in [1.29, 1.82) is 0 Å². The van der Waals surface area contributed by atoms with Crippen LogP contribution in [0.3, 0.4) is 0 Å². The van der Waals surface area contributed by atoms with Crippen molar-refractivity contribution < 1.29 is 14.3 Å². The van der Waals surface area contributed by atoms with Gasteiger partial charge >= 0.3 is 0 Å². The first kappa shape index (κ1) is 19.8. The maximum atomic E-state index is 12.4. The lowest BCUT2D eigenvalue weighted by atomic mass is 10.1. The Morgan fingerprint density at radius 1 is 1.04 bits per heavy atom. The SMILES string of the molecule is COc1ccc(C(=O)NC(C)(C)C)cc1COc1cc(C)cc(C)c1C. The highest BCUT2D eigenvalue weighted by atomic mass is 16.5. The largest absolute Gasteiger partial charge is 0.496 e. The number of amides is 1. The van der Waals surface area contributed by atoms with Gasteiger partial charge in [-0.1, -0.05) is 6.07 Å². The van der Waals surface area contributed by atoms with E-state index in [-0.39, 0.29) is 11.4 Å². The highest BCUT2D eigenvalue weighted by Gasteiger charge is 2.17. The van der Waals surface area contributed by atoms with Gasteiger partial charge in [0.1, 0.15) is 18.1 Å². The molecule has 0 spiro atoms. The van der Waals surface area contributed by atoms with Crippen LogP contribution < -0.4 is 14.8 Å². The lowest BCUT2D eigenvalue weighted by molar-refractivity contribution is 0.0919. The molecular weight excluding hydrogens is 326 g/mol. The van der Waals surface area contributed by atoms with Gasteiger partial charge in [-0.15, -0.1) is 0 Å². The van der Waals surface area contributed by atoms with Gasteiger partial charge in [0.2, 0.25) is 0 Å². The number of nitrogens with one attached hydrogen (secondary N) is 1.